The van der Waals surface area contributed by atoms with Gasteiger partial charge in [-0.3, -0.25) is 30.6 Å². The average Bonchev–Trinajstić information content (AvgIpc) is 3.26. The Hall–Kier alpha value is -3.47. The number of nitrogens with one attached hydrogen (secondary N) is 2. The number of nitro groups is 1. The van der Waals surface area contributed by atoms with Gasteiger partial charge in [-0.2, -0.15) is 5.10 Å². The Morgan fingerprint density at radius 1 is 1.19 bits per heavy atom. The van der Waals surface area contributed by atoms with E-state index in [2.05, 4.69) is 31.9 Å². The number of aromatic nitrogens is 3. The average molecular weight is 433 g/mol. The maximum absolute atomic E-state index is 12.2. The van der Waals surface area contributed by atoms with Gasteiger partial charge in [-0.05, 0) is 34.1 Å². The molecule has 0 atom stereocenters. The lowest BCUT2D eigenvalue weighted by Crippen LogP contribution is -2.42. The Morgan fingerprint density at radius 2 is 1.93 bits per heavy atom. The minimum Gasteiger partial charge on any atom is -0.345 e. The zero-order chi connectivity index (χ0) is 19.6. The molecule has 0 bridgehead atoms. The number of non-ortho nitro benzene ring substituents is 1. The molecule has 0 aliphatic rings. The molecule has 2 N–H and O–H groups in total. The van der Waals surface area contributed by atoms with Crippen LogP contribution < -0.4 is 10.9 Å². The second-order valence-corrected chi connectivity index (χ2v) is 6.40. The highest BCUT2D eigenvalue weighted by molar-refractivity contribution is 9.10. The van der Waals surface area contributed by atoms with E-state index in [0.717, 1.165) is 4.47 Å². The summed E-state index contributed by atoms with van der Waals surface area (Å²) < 4.78 is 3.66. The monoisotopic (exact) mass is 432 g/mol. The SMILES string of the molecule is Cn1cc(Br)cc1C(=O)NNC(=O)c1ccn(-c2cccc([N+](=O)[O-])c2)n1. The van der Waals surface area contributed by atoms with E-state index < -0.39 is 16.7 Å². The molecule has 0 aliphatic carbocycles. The summed E-state index contributed by atoms with van der Waals surface area (Å²) in [5.74, 6) is -1.12. The van der Waals surface area contributed by atoms with Crippen LogP contribution in [-0.2, 0) is 7.05 Å². The van der Waals surface area contributed by atoms with Crippen LogP contribution in [0.2, 0.25) is 0 Å². The molecule has 3 aromatic rings. The van der Waals surface area contributed by atoms with Gasteiger partial charge in [0.25, 0.3) is 17.5 Å². The summed E-state index contributed by atoms with van der Waals surface area (Å²) in [6.45, 7) is 0. The first-order valence-electron chi connectivity index (χ1n) is 7.58. The van der Waals surface area contributed by atoms with Gasteiger partial charge in [0.2, 0.25) is 0 Å². The Kier molecular flexibility index (Phi) is 5.03. The molecule has 0 radical (unpaired) electrons. The Morgan fingerprint density at radius 3 is 2.59 bits per heavy atom. The molecular formula is C16H13BrN6O4. The third-order valence-corrected chi connectivity index (χ3v) is 4.05. The summed E-state index contributed by atoms with van der Waals surface area (Å²) in [6.07, 6.45) is 3.20. The number of carbonyl (C=O) groups excluding carboxylic acids is 2. The molecule has 0 spiro atoms. The van der Waals surface area contributed by atoms with Crippen LogP contribution in [0.5, 0.6) is 0 Å². The topological polar surface area (TPSA) is 124 Å². The highest BCUT2D eigenvalue weighted by atomic mass is 79.9. The summed E-state index contributed by atoms with van der Waals surface area (Å²) in [6, 6.07) is 8.88. The van der Waals surface area contributed by atoms with Crippen molar-refractivity contribution in [2.24, 2.45) is 7.05 Å². The third-order valence-electron chi connectivity index (χ3n) is 3.62. The van der Waals surface area contributed by atoms with Crippen molar-refractivity contribution in [1.82, 2.24) is 25.2 Å². The van der Waals surface area contributed by atoms with E-state index in [4.69, 9.17) is 0 Å². The maximum atomic E-state index is 12.2. The fourth-order valence-electron chi connectivity index (χ4n) is 2.33. The van der Waals surface area contributed by atoms with E-state index in [1.165, 1.54) is 35.1 Å². The van der Waals surface area contributed by atoms with Gasteiger partial charge in [0.15, 0.2) is 5.69 Å². The van der Waals surface area contributed by atoms with Crippen molar-refractivity contribution in [3.63, 3.8) is 0 Å². The predicted molar refractivity (Wildman–Crippen MR) is 98.3 cm³/mol. The number of hydrogen-bond acceptors (Lipinski definition) is 5. The van der Waals surface area contributed by atoms with Gasteiger partial charge < -0.3 is 4.57 Å². The van der Waals surface area contributed by atoms with E-state index in [9.17, 15) is 19.7 Å². The molecular weight excluding hydrogens is 420 g/mol. The fourth-order valence-corrected chi connectivity index (χ4v) is 2.85. The minimum atomic E-state index is -0.624. The lowest BCUT2D eigenvalue weighted by molar-refractivity contribution is -0.384. The van der Waals surface area contributed by atoms with Crippen LogP contribution in [0.3, 0.4) is 0 Å². The van der Waals surface area contributed by atoms with Crippen LogP contribution in [0.1, 0.15) is 21.0 Å². The number of rotatable bonds is 4. The highest BCUT2D eigenvalue weighted by Gasteiger charge is 2.15. The van der Waals surface area contributed by atoms with Crippen LogP contribution >= 0.6 is 15.9 Å². The van der Waals surface area contributed by atoms with E-state index >= 15 is 0 Å². The van der Waals surface area contributed by atoms with Crippen molar-refractivity contribution in [3.05, 3.63) is 74.8 Å². The molecule has 3 rings (SSSR count). The lowest BCUT2D eigenvalue weighted by Gasteiger charge is -2.06. The Balaban J connectivity index is 1.68. The van der Waals surface area contributed by atoms with Crippen LogP contribution in [0.4, 0.5) is 5.69 Å². The van der Waals surface area contributed by atoms with E-state index in [1.54, 1.807) is 29.9 Å². The maximum Gasteiger partial charge on any atom is 0.290 e. The summed E-state index contributed by atoms with van der Waals surface area (Å²) >= 11 is 3.26. The molecule has 0 unspecified atom stereocenters. The van der Waals surface area contributed by atoms with E-state index in [-0.39, 0.29) is 11.4 Å². The minimum absolute atomic E-state index is 0.0369. The molecule has 27 heavy (non-hydrogen) atoms. The van der Waals surface area contributed by atoms with Gasteiger partial charge in [0.05, 0.1) is 10.6 Å². The predicted octanol–water partition coefficient (Wildman–Crippen LogP) is 1.96. The molecule has 138 valence electrons. The van der Waals surface area contributed by atoms with Gasteiger partial charge in [-0.1, -0.05) is 6.07 Å². The second kappa shape index (κ2) is 7.41. The van der Waals surface area contributed by atoms with Crippen molar-refractivity contribution in [2.45, 2.75) is 0 Å². The number of hydrogen-bond donors (Lipinski definition) is 2. The second-order valence-electron chi connectivity index (χ2n) is 5.49. The van der Waals surface area contributed by atoms with Gasteiger partial charge in [0.1, 0.15) is 5.69 Å². The van der Waals surface area contributed by atoms with Gasteiger partial charge in [-0.25, -0.2) is 4.68 Å². The third kappa shape index (κ3) is 4.03. The van der Waals surface area contributed by atoms with E-state index in [1.807, 2.05) is 0 Å². The first-order valence-corrected chi connectivity index (χ1v) is 8.37. The zero-order valence-electron chi connectivity index (χ0n) is 13.9. The summed E-state index contributed by atoms with van der Waals surface area (Å²) in [7, 11) is 1.70. The summed E-state index contributed by atoms with van der Waals surface area (Å²) in [5.41, 5.74) is 5.31. The van der Waals surface area contributed by atoms with Gasteiger partial charge >= 0.3 is 0 Å². The van der Waals surface area contributed by atoms with Crippen molar-refractivity contribution in [3.8, 4) is 5.69 Å². The Bertz CT molecular complexity index is 1040. The van der Waals surface area contributed by atoms with Crippen molar-refractivity contribution in [1.29, 1.82) is 0 Å². The van der Waals surface area contributed by atoms with E-state index in [0.29, 0.717) is 11.4 Å². The smallest absolute Gasteiger partial charge is 0.290 e. The standard InChI is InChI=1S/C16H13BrN6O4/c1-21-9-10(17)7-14(21)16(25)19-18-15(24)13-5-6-22(20-13)11-3-2-4-12(8-11)23(26)27/h2-9H,1H3,(H,18,24)(H,19,25). The van der Waals surface area contributed by atoms with Crippen molar-refractivity contribution >= 4 is 33.4 Å². The van der Waals surface area contributed by atoms with Crippen LogP contribution in [0, 0.1) is 10.1 Å². The molecule has 2 heterocycles. The first kappa shape index (κ1) is 18.3. The number of nitro benzene ring substituents is 1. The fraction of sp³-hybridized carbons (Fsp3) is 0.0625. The highest BCUT2D eigenvalue weighted by Crippen LogP contribution is 2.16. The van der Waals surface area contributed by atoms with Crippen LogP contribution in [0.15, 0.2) is 53.3 Å². The molecule has 11 heteroatoms. The lowest BCUT2D eigenvalue weighted by atomic mass is 10.3. The zero-order valence-corrected chi connectivity index (χ0v) is 15.5. The van der Waals surface area contributed by atoms with Crippen LogP contribution in [-0.4, -0.2) is 31.1 Å². The first-order chi connectivity index (χ1) is 12.8. The number of halogens is 1. The number of amides is 2. The molecule has 2 amide bonds. The van der Waals surface area contributed by atoms with Gasteiger partial charge in [-0.15, -0.1) is 0 Å². The van der Waals surface area contributed by atoms with Gasteiger partial charge in [0, 0.05) is 36.0 Å². The van der Waals surface area contributed by atoms with Crippen molar-refractivity contribution < 1.29 is 14.5 Å². The molecule has 10 nitrogen and oxygen atoms in total. The molecule has 1 aromatic carbocycles. The number of hydrazine groups is 1. The van der Waals surface area contributed by atoms with Crippen LogP contribution in [0.25, 0.3) is 5.69 Å². The quantitative estimate of drug-likeness (QED) is 0.481. The normalized spacial score (nSPS) is 10.4. The summed E-state index contributed by atoms with van der Waals surface area (Å²) in [5, 5.41) is 14.9. The number of benzene rings is 1. The molecule has 2 aromatic heterocycles. The summed E-state index contributed by atoms with van der Waals surface area (Å²) in [4.78, 5) is 34.6. The number of carbonyl (C=O) groups is 2. The van der Waals surface area contributed by atoms with Crippen molar-refractivity contribution in [2.75, 3.05) is 0 Å². The molecule has 0 saturated heterocycles. The largest absolute Gasteiger partial charge is 0.345 e. The molecule has 0 aliphatic heterocycles. The molecule has 0 saturated carbocycles. The molecule has 0 fully saturated rings. The Labute approximate surface area is 161 Å². The number of aryl methyl sites for hydroxylation is 1. The number of nitrogens with zero attached hydrogens (tertiary/aromatic N) is 4.